The minimum atomic E-state index is -2.22. The summed E-state index contributed by atoms with van der Waals surface area (Å²) in [5.74, 6) is -15.5. The van der Waals surface area contributed by atoms with Gasteiger partial charge in [0.15, 0.2) is 23.3 Å². The summed E-state index contributed by atoms with van der Waals surface area (Å²) in [5, 5.41) is 43.2. The minimum absolute atomic E-state index is 0.0116. The molecule has 0 radical (unpaired) electrons. The Morgan fingerprint density at radius 1 is 0.726 bits per heavy atom. The topological polar surface area (TPSA) is 380 Å². The third-order valence-corrected chi connectivity index (χ3v) is 14.8. The van der Waals surface area contributed by atoms with Crippen LogP contribution in [0.4, 0.5) is 28.0 Å². The standard InChI is InChI=1S/C52H82F4N12O15S/c1-30(2)27-31(42(71)48(75)67-78)45(72)63-44(51(3,4)5)49(76)61-16-20-82-24-23-81-19-15-59-35(70)28-32(62-47(74)36-37(53)39(55)41(66-68-57)40(56)38(36)54)46(73)60-14-10-18-80-22-26-83-25-21-79-17-9-13-58-34(69)12-8-7-11-33-43-52(6,29-84-33)65-50(77)64-43/h30-33,42-44,71,78H,7-29H2,1-6H3,(H,58,69)(H,59,70)(H,60,73)(H,61,76)(H,62,74)(H,63,72)(H,67,75)(H2,64,65,77)/t31-,32+,33+,42+,43-,44-,52+/m1/s1. The van der Waals surface area contributed by atoms with Gasteiger partial charge in [0.1, 0.15) is 29.4 Å². The maximum atomic E-state index is 14.9. The molecule has 3 rings (SSSR count). The Morgan fingerprint density at radius 2 is 1.26 bits per heavy atom. The van der Waals surface area contributed by atoms with Crippen LogP contribution >= 0.6 is 11.8 Å². The molecule has 0 aliphatic carbocycles. The van der Waals surface area contributed by atoms with Crippen LogP contribution in [0.5, 0.6) is 0 Å². The summed E-state index contributed by atoms with van der Waals surface area (Å²) < 4.78 is 86.3. The molecule has 84 heavy (non-hydrogen) atoms. The van der Waals surface area contributed by atoms with Crippen LogP contribution in [0.2, 0.25) is 0 Å². The Balaban J connectivity index is 1.33. The van der Waals surface area contributed by atoms with Gasteiger partial charge in [-0.15, -0.1) is 0 Å². The SMILES string of the molecule is CC(C)C[C@@H](C(=O)N[C@H](C(=O)NCCOCCOCCNC(=O)C[C@H](NC(=O)c1c(F)c(F)c(N=[N+]=[N-])c(F)c1F)C(=O)NCCCOCCOCCOCCCNC(=O)CCCC[C@@H]1SC[C@]2(C)NC(=O)N[C@H]12)C(C)(C)C)[C@H](O)C(=O)NO. The van der Waals surface area contributed by atoms with Gasteiger partial charge in [-0.2, -0.15) is 11.8 Å². The van der Waals surface area contributed by atoms with Crippen LogP contribution in [0.25, 0.3) is 10.4 Å². The lowest BCUT2D eigenvalue weighted by atomic mass is 9.84. The first kappa shape index (κ1) is 72.1. The van der Waals surface area contributed by atoms with Gasteiger partial charge in [-0.1, -0.05) is 46.2 Å². The predicted octanol–water partition coefficient (Wildman–Crippen LogP) is 2.18. The maximum absolute atomic E-state index is 14.9. The molecule has 0 aromatic heterocycles. The summed E-state index contributed by atoms with van der Waals surface area (Å²) in [6, 6.07) is -2.96. The van der Waals surface area contributed by atoms with Crippen molar-refractivity contribution in [2.45, 2.75) is 128 Å². The molecule has 7 atom stereocenters. The van der Waals surface area contributed by atoms with Crippen LogP contribution in [0.15, 0.2) is 5.11 Å². The number of azide groups is 1. The highest BCUT2D eigenvalue weighted by Crippen LogP contribution is 2.40. The molecule has 0 spiro atoms. The first-order chi connectivity index (χ1) is 39.9. The number of aliphatic hydroxyl groups excluding tert-OH is 1. The first-order valence-corrected chi connectivity index (χ1v) is 28.7. The third-order valence-electron chi connectivity index (χ3n) is 13.1. The highest BCUT2D eigenvalue weighted by Gasteiger charge is 2.51. The van der Waals surface area contributed by atoms with E-state index in [1.165, 1.54) is 5.48 Å². The number of unbranched alkanes of at least 4 members (excludes halogenated alkanes) is 1. The number of rotatable bonds is 41. The van der Waals surface area contributed by atoms with Crippen LogP contribution in [0, 0.1) is 40.5 Å². The number of fused-ring (bicyclic) bond motifs is 1. The highest BCUT2D eigenvalue weighted by atomic mass is 32.2. The average molecular weight is 1220 g/mol. The van der Waals surface area contributed by atoms with Crippen molar-refractivity contribution in [2.24, 2.45) is 22.4 Å². The molecule has 2 aliphatic rings. The van der Waals surface area contributed by atoms with Gasteiger partial charge in [-0.05, 0) is 55.9 Å². The number of amides is 9. The van der Waals surface area contributed by atoms with E-state index in [2.05, 4.69) is 54.2 Å². The van der Waals surface area contributed by atoms with Crippen molar-refractivity contribution in [1.29, 1.82) is 0 Å². The number of thioether (sulfide) groups is 1. The molecule has 32 heteroatoms. The highest BCUT2D eigenvalue weighted by molar-refractivity contribution is 8.00. The molecule has 2 fully saturated rings. The number of hydroxylamine groups is 1. The van der Waals surface area contributed by atoms with Crippen LogP contribution in [-0.4, -0.2) is 191 Å². The van der Waals surface area contributed by atoms with E-state index in [1.54, 1.807) is 34.6 Å². The molecule has 0 bridgehead atoms. The van der Waals surface area contributed by atoms with Gasteiger partial charge in [-0.3, -0.25) is 38.8 Å². The number of hydrogen-bond acceptors (Lipinski definition) is 17. The van der Waals surface area contributed by atoms with E-state index in [4.69, 9.17) is 34.4 Å². The number of benzene rings is 1. The predicted molar refractivity (Wildman–Crippen MR) is 295 cm³/mol. The Hall–Kier alpha value is -6.12. The van der Waals surface area contributed by atoms with Crippen molar-refractivity contribution in [3.63, 3.8) is 0 Å². The summed E-state index contributed by atoms with van der Waals surface area (Å²) >= 11 is 1.85. The first-order valence-electron chi connectivity index (χ1n) is 27.7. The molecule has 27 nitrogen and oxygen atoms in total. The quantitative estimate of drug-likeness (QED) is 0.00515. The zero-order valence-electron chi connectivity index (χ0n) is 48.3. The molecule has 1 aromatic carbocycles. The lowest BCUT2D eigenvalue weighted by Gasteiger charge is -2.32. The van der Waals surface area contributed by atoms with Crippen molar-refractivity contribution in [3.8, 4) is 0 Å². The normalized spacial score (nSPS) is 17.8. The van der Waals surface area contributed by atoms with Crippen molar-refractivity contribution >= 4 is 64.8 Å². The maximum Gasteiger partial charge on any atom is 0.315 e. The monoisotopic (exact) mass is 1220 g/mol. The fraction of sp³-hybridized carbons (Fsp3) is 0.731. The number of ether oxygens (including phenoxy) is 5. The second-order valence-corrected chi connectivity index (χ2v) is 22.7. The third kappa shape index (κ3) is 24.5. The van der Waals surface area contributed by atoms with Crippen molar-refractivity contribution in [3.05, 3.63) is 39.3 Å². The van der Waals surface area contributed by atoms with Crippen molar-refractivity contribution in [1.82, 2.24) is 48.0 Å². The molecule has 0 saturated carbocycles. The van der Waals surface area contributed by atoms with E-state index in [0.717, 1.165) is 25.0 Å². The molecular formula is C52H82F4N12O15S. The van der Waals surface area contributed by atoms with Gasteiger partial charge < -0.3 is 71.3 Å². The fourth-order valence-electron chi connectivity index (χ4n) is 8.74. The van der Waals surface area contributed by atoms with Crippen molar-refractivity contribution < 1.29 is 89.9 Å². The molecule has 474 valence electrons. The molecular weight excluding hydrogens is 1140 g/mol. The Morgan fingerprint density at radius 3 is 1.82 bits per heavy atom. The lowest BCUT2D eigenvalue weighted by molar-refractivity contribution is -0.147. The summed E-state index contributed by atoms with van der Waals surface area (Å²) in [7, 11) is 0. The largest absolute Gasteiger partial charge is 0.382 e. The molecule has 2 aliphatic heterocycles. The van der Waals surface area contributed by atoms with Gasteiger partial charge in [0.25, 0.3) is 11.8 Å². The van der Waals surface area contributed by atoms with Gasteiger partial charge in [0, 0.05) is 61.7 Å². The summed E-state index contributed by atoms with van der Waals surface area (Å²) in [5.41, 5.74) is 5.40. The zero-order chi connectivity index (χ0) is 62.4. The van der Waals surface area contributed by atoms with Crippen LogP contribution in [0.3, 0.4) is 0 Å². The number of nitrogens with one attached hydrogen (secondary N) is 9. The molecule has 9 amide bonds. The molecule has 2 saturated heterocycles. The number of nitrogens with zero attached hydrogens (tertiary/aromatic N) is 3. The van der Waals surface area contributed by atoms with Crippen LogP contribution in [-0.2, 0) is 52.5 Å². The Bertz CT molecular complexity index is 2380. The zero-order valence-corrected chi connectivity index (χ0v) is 49.1. The van der Waals surface area contributed by atoms with E-state index in [9.17, 15) is 61.0 Å². The minimum Gasteiger partial charge on any atom is -0.382 e. The number of carbonyl (C=O) groups excluding carboxylic acids is 8. The summed E-state index contributed by atoms with van der Waals surface area (Å²) in [4.78, 5) is 104. The summed E-state index contributed by atoms with van der Waals surface area (Å²) in [6.07, 6.45) is 1.22. The van der Waals surface area contributed by atoms with E-state index < -0.39 is 106 Å². The van der Waals surface area contributed by atoms with Crippen molar-refractivity contribution in [2.75, 3.05) is 98.0 Å². The smallest absolute Gasteiger partial charge is 0.315 e. The number of urea groups is 1. The van der Waals surface area contributed by atoms with Crippen LogP contribution < -0.4 is 48.0 Å². The fourth-order valence-corrected chi connectivity index (χ4v) is 10.5. The van der Waals surface area contributed by atoms with Crippen LogP contribution in [0.1, 0.15) is 103 Å². The van der Waals surface area contributed by atoms with Gasteiger partial charge in [0.05, 0.1) is 76.8 Å². The molecule has 11 N–H and O–H groups in total. The Kier molecular flexibility index (Phi) is 32.1. The van der Waals surface area contributed by atoms with E-state index >= 15 is 0 Å². The van der Waals surface area contributed by atoms with Gasteiger partial charge >= 0.3 is 6.03 Å². The number of halogens is 4. The Labute approximate surface area is 488 Å². The molecule has 0 unspecified atom stereocenters. The number of hydrogen-bond donors (Lipinski definition) is 11. The second-order valence-electron chi connectivity index (χ2n) is 21.5. The van der Waals surface area contributed by atoms with E-state index in [0.29, 0.717) is 37.9 Å². The average Bonchev–Trinajstić information content (AvgIpc) is 2.50. The number of carbonyl (C=O) groups is 8. The number of aliphatic hydroxyl groups is 1. The van der Waals surface area contributed by atoms with E-state index in [1.807, 2.05) is 17.1 Å². The second kappa shape index (κ2) is 37.3. The van der Waals surface area contributed by atoms with Gasteiger partial charge in [-0.25, -0.2) is 27.8 Å². The van der Waals surface area contributed by atoms with E-state index in [-0.39, 0.29) is 115 Å². The summed E-state index contributed by atoms with van der Waals surface area (Å²) in [6.45, 7) is 12.4. The molecule has 1 aromatic rings. The lowest BCUT2D eigenvalue weighted by Crippen LogP contribution is -2.57. The molecule has 2 heterocycles. The van der Waals surface area contributed by atoms with Gasteiger partial charge in [0.2, 0.25) is 29.5 Å².